The summed E-state index contributed by atoms with van der Waals surface area (Å²) in [6.07, 6.45) is -1.19. The molecule has 0 bridgehead atoms. The van der Waals surface area contributed by atoms with E-state index >= 15 is 0 Å². The highest BCUT2D eigenvalue weighted by Gasteiger charge is 2.38. The molecule has 0 saturated carbocycles. The Bertz CT molecular complexity index is 4760. The smallest absolute Gasteiger partial charge is 0.410 e. The van der Waals surface area contributed by atoms with Gasteiger partial charge in [0.05, 0.1) is 33.2 Å². The van der Waals surface area contributed by atoms with Gasteiger partial charge in [0.15, 0.2) is 49.9 Å². The molecule has 0 N–H and O–H groups in total. The van der Waals surface area contributed by atoms with E-state index in [2.05, 4.69) is 29.9 Å². The highest BCUT2D eigenvalue weighted by Crippen LogP contribution is 2.38. The van der Waals surface area contributed by atoms with Crippen LogP contribution in [0.25, 0.3) is 50.2 Å². The lowest BCUT2D eigenvalue weighted by molar-refractivity contribution is 0.0208. The molecule has 24 nitrogen and oxygen atoms in total. The number of halogens is 6. The Morgan fingerprint density at radius 1 is 0.405 bits per heavy atom. The Labute approximate surface area is 659 Å². The molecule has 0 aliphatic carbocycles. The molecular formula is C81H99Cl3F3N15O9. The lowest BCUT2D eigenvalue weighted by atomic mass is 9.98. The molecule has 30 heteroatoms. The van der Waals surface area contributed by atoms with Crippen molar-refractivity contribution < 1.29 is 41.8 Å². The first-order chi connectivity index (χ1) is 51.8. The Hall–Kier alpha value is -9.60. The van der Waals surface area contributed by atoms with E-state index in [0.717, 1.165) is 33.4 Å². The van der Waals surface area contributed by atoms with Crippen molar-refractivity contribution >= 4 is 104 Å². The van der Waals surface area contributed by atoms with Gasteiger partial charge >= 0.3 is 35.3 Å². The van der Waals surface area contributed by atoms with E-state index in [1.165, 1.54) is 31.9 Å². The quantitative estimate of drug-likeness (QED) is 0.0963. The zero-order valence-corrected chi connectivity index (χ0v) is 69.2. The number of rotatable bonds is 9. The van der Waals surface area contributed by atoms with Gasteiger partial charge in [-0.2, -0.15) is 15.0 Å². The molecule has 6 aromatic heterocycles. The Balaban J connectivity index is 0.000000177. The largest absolute Gasteiger partial charge is 0.444 e. The van der Waals surface area contributed by atoms with Crippen molar-refractivity contribution in [2.45, 2.75) is 198 Å². The number of carbonyl (C=O) groups excluding carboxylic acids is 3. The van der Waals surface area contributed by atoms with Crippen molar-refractivity contribution in [2.75, 3.05) is 73.6 Å². The third-order valence-electron chi connectivity index (χ3n) is 19.3. The number of pyridine rings is 3. The Kier molecular flexibility index (Phi) is 24.9. The molecule has 3 saturated heterocycles. The number of carbonyl (C=O) groups is 3. The molecule has 3 aliphatic rings. The highest BCUT2D eigenvalue weighted by atomic mass is 35.5. The van der Waals surface area contributed by atoms with Gasteiger partial charge in [0.2, 0.25) is 0 Å². The molecule has 3 atom stereocenters. The summed E-state index contributed by atoms with van der Waals surface area (Å²) in [5, 5.41) is 0.159. The number of aryl methyl sites for hydroxylation is 3. The van der Waals surface area contributed by atoms with Crippen LogP contribution in [0.5, 0.6) is 0 Å². The summed E-state index contributed by atoms with van der Waals surface area (Å²) >= 11 is 18.4. The lowest BCUT2D eigenvalue weighted by Gasteiger charge is -2.41. The summed E-state index contributed by atoms with van der Waals surface area (Å²) < 4.78 is 65.1. The van der Waals surface area contributed by atoms with E-state index in [1.807, 2.05) is 215 Å². The third-order valence-corrected chi connectivity index (χ3v) is 20.1. The topological polar surface area (TPSA) is 242 Å². The van der Waals surface area contributed by atoms with Crippen LogP contribution in [0.15, 0.2) is 87.2 Å². The van der Waals surface area contributed by atoms with Crippen molar-refractivity contribution in [3.8, 4) is 17.1 Å². The minimum absolute atomic E-state index is 0.119. The van der Waals surface area contributed by atoms with Crippen LogP contribution >= 0.6 is 34.8 Å². The molecular weight excluding hydrogens is 1490 g/mol. The molecule has 3 amide bonds. The number of piperazine rings is 3. The number of ether oxygens (including phenoxy) is 3. The van der Waals surface area contributed by atoms with Crippen LogP contribution in [0, 0.1) is 38.2 Å². The van der Waals surface area contributed by atoms with Gasteiger partial charge in [-0.3, -0.25) is 0 Å². The van der Waals surface area contributed by atoms with Crippen LogP contribution in [-0.4, -0.2) is 170 Å². The molecule has 3 aromatic carbocycles. The van der Waals surface area contributed by atoms with Crippen molar-refractivity contribution in [1.29, 1.82) is 0 Å². The number of para-hydroxylation sites is 3. The molecule has 3 aliphatic heterocycles. The van der Waals surface area contributed by atoms with Gasteiger partial charge in [-0.1, -0.05) is 131 Å². The number of hydrogen-bond donors (Lipinski definition) is 0. The first kappa shape index (κ1) is 83.9. The van der Waals surface area contributed by atoms with E-state index in [0.29, 0.717) is 110 Å². The molecule has 0 unspecified atom stereocenters. The van der Waals surface area contributed by atoms with Crippen molar-refractivity contribution in [3.63, 3.8) is 0 Å². The third kappa shape index (κ3) is 18.3. The fraction of sp³-hybridized carbons (Fsp3) is 0.481. The van der Waals surface area contributed by atoms with Crippen LogP contribution in [0.1, 0.15) is 176 Å². The fourth-order valence-corrected chi connectivity index (χ4v) is 14.6. The first-order valence-electron chi connectivity index (χ1n) is 37.2. The standard InChI is InChI=1S/3C27H33ClFN5O3/c3*1-15(2)18-10-8-9-16(3)21(18)34-24-19(13-20(29)22(28)30-24)23(31-25(34)35)33-12-11-32(14-17(33)4)26(36)37-27(5,6)7/h3*8-10,13,15,17H,11-12,14H2,1-7H3/t3*17-/m000/s1. The van der Waals surface area contributed by atoms with E-state index in [1.54, 1.807) is 14.7 Å². The number of anilines is 3. The maximum Gasteiger partial charge on any atom is 0.410 e. The zero-order chi connectivity index (χ0) is 81.7. The minimum Gasteiger partial charge on any atom is -0.444 e. The van der Waals surface area contributed by atoms with Gasteiger partial charge in [-0.15, -0.1) is 0 Å². The van der Waals surface area contributed by atoms with Crippen LogP contribution in [0.3, 0.4) is 0 Å². The number of fused-ring (bicyclic) bond motifs is 3. The molecule has 9 aromatic rings. The molecule has 9 heterocycles. The first-order valence-corrected chi connectivity index (χ1v) is 38.4. The van der Waals surface area contributed by atoms with Crippen LogP contribution in [-0.2, 0) is 14.2 Å². The number of benzene rings is 3. The van der Waals surface area contributed by atoms with Gasteiger partial charge in [0, 0.05) is 77.0 Å². The second-order valence-corrected chi connectivity index (χ2v) is 33.5. The van der Waals surface area contributed by atoms with Crippen molar-refractivity contribution in [2.24, 2.45) is 0 Å². The summed E-state index contributed by atoms with van der Waals surface area (Å²) in [5.74, 6) is -0.791. The normalized spacial score (nSPS) is 16.5. The van der Waals surface area contributed by atoms with Gasteiger partial charge < -0.3 is 43.6 Å². The Morgan fingerprint density at radius 3 is 0.847 bits per heavy atom. The summed E-state index contributed by atoms with van der Waals surface area (Å²) in [5.41, 5.74) is 4.74. The average molecular weight is 1590 g/mol. The van der Waals surface area contributed by atoms with Crippen molar-refractivity contribution in [1.82, 2.24) is 58.3 Å². The number of nitrogens with zero attached hydrogens (tertiary/aromatic N) is 15. The highest BCUT2D eigenvalue weighted by molar-refractivity contribution is 6.30. The van der Waals surface area contributed by atoms with Gasteiger partial charge in [0.1, 0.15) is 34.3 Å². The minimum atomic E-state index is -0.698. The molecule has 111 heavy (non-hydrogen) atoms. The molecule has 0 spiro atoms. The zero-order valence-electron chi connectivity index (χ0n) is 66.9. The molecule has 3 fully saturated rings. The summed E-state index contributed by atoms with van der Waals surface area (Å²) in [7, 11) is 0. The molecule has 12 rings (SSSR count). The second kappa shape index (κ2) is 33.0. The number of amides is 3. The average Bonchev–Trinajstić information content (AvgIpc) is 0.750. The summed E-state index contributed by atoms with van der Waals surface area (Å²) in [6.45, 7) is 43.5. The van der Waals surface area contributed by atoms with E-state index in [-0.39, 0.29) is 68.3 Å². The number of hydrogen-bond acceptors (Lipinski definition) is 18. The second-order valence-electron chi connectivity index (χ2n) is 32.5. The van der Waals surface area contributed by atoms with Crippen LogP contribution < -0.4 is 31.8 Å². The maximum absolute atomic E-state index is 14.7. The molecule has 594 valence electrons. The predicted molar refractivity (Wildman–Crippen MR) is 431 cm³/mol. The lowest BCUT2D eigenvalue weighted by Crippen LogP contribution is -2.55. The predicted octanol–water partition coefficient (Wildman–Crippen LogP) is 16.4. The van der Waals surface area contributed by atoms with Crippen LogP contribution in [0.4, 0.5) is 45.0 Å². The fourth-order valence-electron chi connectivity index (χ4n) is 14.2. The SMILES string of the molecule is Cc1cccc(C(C)C)c1-n1c(=O)nc(N2CCN(C(=O)OC(C)(C)C)C[C@@H]2C)c2cc(F)c(Cl)nc21.Cc1cccc(C(C)C)c1-n1c(=O)nc(N2CCN(C(=O)OC(C)(C)C)C[C@@H]2C)c2cc(F)c(Cl)nc21.Cc1cccc(C(C)C)c1-n1c(=O)nc(N2CCN(C(=O)OC(C)(C)C)C[C@@H]2C)c2cc(F)c(Cl)nc21. The summed E-state index contributed by atoms with van der Waals surface area (Å²) in [4.78, 5) is 116. The Morgan fingerprint density at radius 2 is 0.640 bits per heavy atom. The monoisotopic (exact) mass is 1590 g/mol. The maximum atomic E-state index is 14.7. The van der Waals surface area contributed by atoms with E-state index in [9.17, 15) is 41.9 Å². The van der Waals surface area contributed by atoms with Gasteiger partial charge in [-0.25, -0.2) is 70.6 Å². The van der Waals surface area contributed by atoms with Gasteiger partial charge in [0.25, 0.3) is 0 Å². The number of aromatic nitrogens is 9. The van der Waals surface area contributed by atoms with E-state index < -0.39 is 69.6 Å². The molecule has 0 radical (unpaired) electrons. The van der Waals surface area contributed by atoms with E-state index in [4.69, 9.17) is 49.0 Å². The van der Waals surface area contributed by atoms with Gasteiger partial charge in [-0.05, 0) is 173 Å². The van der Waals surface area contributed by atoms with Crippen LogP contribution in [0.2, 0.25) is 15.5 Å². The van der Waals surface area contributed by atoms with Crippen molar-refractivity contribution in [3.05, 3.63) is 171 Å². The summed E-state index contributed by atoms with van der Waals surface area (Å²) in [6, 6.07) is 20.6.